The van der Waals surface area contributed by atoms with Crippen LogP contribution in [0.25, 0.3) is 0 Å². The van der Waals surface area contributed by atoms with Crippen LogP contribution in [0.15, 0.2) is 18.2 Å². The summed E-state index contributed by atoms with van der Waals surface area (Å²) in [6.45, 7) is 6.17. The third-order valence-electron chi connectivity index (χ3n) is 4.82. The van der Waals surface area contributed by atoms with Gasteiger partial charge in [-0.25, -0.2) is 8.78 Å². The zero-order chi connectivity index (χ0) is 15.2. The molecule has 118 valence electrons. The van der Waals surface area contributed by atoms with Crippen LogP contribution in [0.3, 0.4) is 0 Å². The predicted octanol–water partition coefficient (Wildman–Crippen LogP) is 4.87. The van der Waals surface area contributed by atoms with Gasteiger partial charge in [0.05, 0.1) is 0 Å². The van der Waals surface area contributed by atoms with Gasteiger partial charge in [-0.2, -0.15) is 0 Å². The molecule has 2 rings (SSSR count). The van der Waals surface area contributed by atoms with Gasteiger partial charge in [0.1, 0.15) is 11.6 Å². The van der Waals surface area contributed by atoms with Crippen molar-refractivity contribution in [2.24, 2.45) is 11.8 Å². The van der Waals surface area contributed by atoms with Crippen molar-refractivity contribution in [2.75, 3.05) is 13.1 Å². The molecule has 1 nitrogen and oxygen atoms in total. The lowest BCUT2D eigenvalue weighted by molar-refractivity contribution is 0.218. The SMILES string of the molecule is CCCC1CCC(CNCC)C(c2ccc(F)cc2F)C1. The molecule has 0 aromatic heterocycles. The van der Waals surface area contributed by atoms with Gasteiger partial charge < -0.3 is 5.32 Å². The van der Waals surface area contributed by atoms with Crippen LogP contribution in [0.1, 0.15) is 57.4 Å². The highest BCUT2D eigenvalue weighted by Gasteiger charge is 2.32. The van der Waals surface area contributed by atoms with Crippen LogP contribution in [-0.2, 0) is 0 Å². The molecule has 0 bridgehead atoms. The Hall–Kier alpha value is -0.960. The summed E-state index contributed by atoms with van der Waals surface area (Å²) in [4.78, 5) is 0. The van der Waals surface area contributed by atoms with E-state index < -0.39 is 5.82 Å². The molecule has 1 aromatic carbocycles. The van der Waals surface area contributed by atoms with Gasteiger partial charge in [0, 0.05) is 6.07 Å². The minimum absolute atomic E-state index is 0.218. The van der Waals surface area contributed by atoms with E-state index in [4.69, 9.17) is 0 Å². The average molecular weight is 295 g/mol. The molecule has 0 heterocycles. The van der Waals surface area contributed by atoms with Crippen molar-refractivity contribution in [1.29, 1.82) is 0 Å². The first-order valence-electron chi connectivity index (χ1n) is 8.31. The molecule has 3 atom stereocenters. The van der Waals surface area contributed by atoms with Crippen LogP contribution in [0.4, 0.5) is 8.78 Å². The van der Waals surface area contributed by atoms with Crippen molar-refractivity contribution >= 4 is 0 Å². The molecule has 1 saturated carbocycles. The van der Waals surface area contributed by atoms with Crippen LogP contribution in [0.2, 0.25) is 0 Å². The molecule has 0 amide bonds. The smallest absolute Gasteiger partial charge is 0.129 e. The summed E-state index contributed by atoms with van der Waals surface area (Å²) in [5.74, 6) is 0.495. The van der Waals surface area contributed by atoms with Crippen LogP contribution < -0.4 is 5.32 Å². The van der Waals surface area contributed by atoms with Gasteiger partial charge in [-0.3, -0.25) is 0 Å². The van der Waals surface area contributed by atoms with E-state index in [9.17, 15) is 8.78 Å². The third-order valence-corrected chi connectivity index (χ3v) is 4.82. The Morgan fingerprint density at radius 2 is 2.00 bits per heavy atom. The summed E-state index contributed by atoms with van der Waals surface area (Å²) >= 11 is 0. The van der Waals surface area contributed by atoms with Crippen molar-refractivity contribution in [3.05, 3.63) is 35.4 Å². The quantitative estimate of drug-likeness (QED) is 0.789. The Bertz CT molecular complexity index is 447. The lowest BCUT2D eigenvalue weighted by Crippen LogP contribution is -2.32. The molecule has 0 aliphatic heterocycles. The van der Waals surface area contributed by atoms with E-state index in [0.717, 1.165) is 32.0 Å². The first kappa shape index (κ1) is 16.4. The zero-order valence-corrected chi connectivity index (χ0v) is 13.2. The number of hydrogen-bond acceptors (Lipinski definition) is 1. The normalized spacial score (nSPS) is 26.0. The largest absolute Gasteiger partial charge is 0.317 e. The molecule has 3 heteroatoms. The van der Waals surface area contributed by atoms with Gasteiger partial charge in [0.2, 0.25) is 0 Å². The van der Waals surface area contributed by atoms with Crippen LogP contribution in [0, 0.1) is 23.5 Å². The van der Waals surface area contributed by atoms with E-state index in [0.29, 0.717) is 17.4 Å². The number of halogens is 2. The van der Waals surface area contributed by atoms with E-state index in [2.05, 4.69) is 19.2 Å². The van der Waals surface area contributed by atoms with Crippen LogP contribution >= 0.6 is 0 Å². The Kier molecular flexibility index (Phi) is 6.16. The summed E-state index contributed by atoms with van der Waals surface area (Å²) < 4.78 is 27.3. The van der Waals surface area contributed by atoms with Gasteiger partial charge in [-0.15, -0.1) is 0 Å². The fraction of sp³-hybridized carbons (Fsp3) is 0.667. The highest BCUT2D eigenvalue weighted by molar-refractivity contribution is 5.24. The first-order chi connectivity index (χ1) is 10.2. The Balaban J connectivity index is 2.18. The van der Waals surface area contributed by atoms with Gasteiger partial charge in [-0.1, -0.05) is 39.2 Å². The molecule has 1 aliphatic carbocycles. The highest BCUT2D eigenvalue weighted by Crippen LogP contribution is 2.42. The fourth-order valence-electron chi connectivity index (χ4n) is 3.75. The van der Waals surface area contributed by atoms with E-state index in [1.165, 1.54) is 25.3 Å². The Morgan fingerprint density at radius 1 is 1.19 bits per heavy atom. The number of hydrogen-bond donors (Lipinski definition) is 1. The minimum atomic E-state index is -0.486. The number of nitrogens with one attached hydrogen (secondary N) is 1. The van der Waals surface area contributed by atoms with Gasteiger partial charge >= 0.3 is 0 Å². The van der Waals surface area contributed by atoms with Crippen molar-refractivity contribution in [1.82, 2.24) is 5.32 Å². The maximum atomic E-state index is 14.2. The Morgan fingerprint density at radius 3 is 2.67 bits per heavy atom. The van der Waals surface area contributed by atoms with E-state index >= 15 is 0 Å². The molecular formula is C18H27F2N. The maximum Gasteiger partial charge on any atom is 0.129 e. The zero-order valence-electron chi connectivity index (χ0n) is 13.2. The molecule has 0 saturated heterocycles. The summed E-state index contributed by atoms with van der Waals surface area (Å²) in [7, 11) is 0. The second-order valence-electron chi connectivity index (χ2n) is 6.31. The van der Waals surface area contributed by atoms with E-state index in [1.54, 1.807) is 6.07 Å². The lowest BCUT2D eigenvalue weighted by Gasteiger charge is -2.37. The van der Waals surface area contributed by atoms with Crippen molar-refractivity contribution < 1.29 is 8.78 Å². The predicted molar refractivity (Wildman–Crippen MR) is 83.4 cm³/mol. The summed E-state index contributed by atoms with van der Waals surface area (Å²) in [5.41, 5.74) is 0.708. The first-order valence-corrected chi connectivity index (χ1v) is 8.31. The molecule has 1 aliphatic rings. The van der Waals surface area contributed by atoms with E-state index in [1.807, 2.05) is 0 Å². The standard InChI is InChI=1S/C18H27F2N/c1-3-5-13-6-7-14(12-21-4-2)17(10-13)16-9-8-15(19)11-18(16)20/h8-9,11,13-14,17,21H,3-7,10,12H2,1-2H3. The van der Waals surface area contributed by atoms with Crippen molar-refractivity contribution in [3.8, 4) is 0 Å². The van der Waals surface area contributed by atoms with Crippen molar-refractivity contribution in [3.63, 3.8) is 0 Å². The summed E-state index contributed by atoms with van der Waals surface area (Å²) in [6, 6.07) is 4.08. The average Bonchev–Trinajstić information content (AvgIpc) is 2.46. The second kappa shape index (κ2) is 7.88. The molecule has 1 aromatic rings. The molecule has 0 radical (unpaired) electrons. The molecule has 1 N–H and O–H groups in total. The minimum Gasteiger partial charge on any atom is -0.317 e. The second-order valence-corrected chi connectivity index (χ2v) is 6.31. The molecular weight excluding hydrogens is 268 g/mol. The summed E-state index contributed by atoms with van der Waals surface area (Å²) in [5, 5.41) is 3.40. The van der Waals surface area contributed by atoms with Gasteiger partial charge in [0.25, 0.3) is 0 Å². The molecule has 0 spiro atoms. The maximum absolute atomic E-state index is 14.2. The monoisotopic (exact) mass is 295 g/mol. The van der Waals surface area contributed by atoms with E-state index in [-0.39, 0.29) is 11.7 Å². The van der Waals surface area contributed by atoms with Gasteiger partial charge in [-0.05, 0) is 55.3 Å². The Labute approximate surface area is 127 Å². The molecule has 1 fully saturated rings. The fourth-order valence-corrected chi connectivity index (χ4v) is 3.75. The van der Waals surface area contributed by atoms with Crippen LogP contribution in [-0.4, -0.2) is 13.1 Å². The van der Waals surface area contributed by atoms with Crippen molar-refractivity contribution in [2.45, 2.75) is 51.9 Å². The van der Waals surface area contributed by atoms with Gasteiger partial charge in [0.15, 0.2) is 0 Å². The number of rotatable bonds is 6. The lowest BCUT2D eigenvalue weighted by atomic mass is 9.70. The molecule has 3 unspecified atom stereocenters. The topological polar surface area (TPSA) is 12.0 Å². The summed E-state index contributed by atoms with van der Waals surface area (Å²) in [6.07, 6.45) is 5.81. The highest BCUT2D eigenvalue weighted by atomic mass is 19.1. The van der Waals surface area contributed by atoms with Crippen LogP contribution in [0.5, 0.6) is 0 Å². The third kappa shape index (κ3) is 4.26. The number of benzene rings is 1. The molecule has 21 heavy (non-hydrogen) atoms.